The summed E-state index contributed by atoms with van der Waals surface area (Å²) in [5, 5.41) is 11.3. The minimum Gasteiger partial charge on any atom is -0.497 e. The van der Waals surface area contributed by atoms with Crippen LogP contribution in [0.5, 0.6) is 5.75 Å². The van der Waals surface area contributed by atoms with E-state index in [-0.39, 0.29) is 35.9 Å². The molecule has 0 bridgehead atoms. The van der Waals surface area contributed by atoms with Gasteiger partial charge in [0.05, 0.1) is 32.3 Å². The topological polar surface area (TPSA) is 65.0 Å². The lowest BCUT2D eigenvalue weighted by Gasteiger charge is -2.38. The van der Waals surface area contributed by atoms with Gasteiger partial charge < -0.3 is 19.0 Å². The Bertz CT molecular complexity index is 836. The Balaban J connectivity index is 2.96. The molecule has 0 radical (unpaired) electrons. The Morgan fingerprint density at radius 2 is 1.71 bits per heavy atom. The molecule has 0 spiro atoms. The number of methoxy groups -OCH3 is 1. The number of aliphatic hydroxyl groups excluding tert-OH is 1. The largest absolute Gasteiger partial charge is 0.497 e. The molecule has 1 rings (SSSR count). The zero-order valence-corrected chi connectivity index (χ0v) is 24.6. The summed E-state index contributed by atoms with van der Waals surface area (Å²) in [7, 11) is -0.451. The third kappa shape index (κ3) is 10.0. The number of aliphatic hydroxyl groups is 1. The van der Waals surface area contributed by atoms with Crippen molar-refractivity contribution in [3.8, 4) is 5.75 Å². The zero-order chi connectivity index (χ0) is 26.8. The van der Waals surface area contributed by atoms with E-state index in [0.717, 1.165) is 16.9 Å². The summed E-state index contributed by atoms with van der Waals surface area (Å²) >= 11 is 0. The molecule has 6 heteroatoms. The van der Waals surface area contributed by atoms with E-state index in [2.05, 4.69) is 46.9 Å². The highest BCUT2D eigenvalue weighted by Crippen LogP contribution is 2.37. The van der Waals surface area contributed by atoms with Gasteiger partial charge in [0.25, 0.3) is 0 Å². The van der Waals surface area contributed by atoms with Crippen LogP contribution in [0.1, 0.15) is 54.0 Å². The maximum Gasteiger partial charge on any atom is 0.192 e. The normalized spacial score (nSPS) is 16.7. The Hall–Kier alpha value is -1.73. The summed E-state index contributed by atoms with van der Waals surface area (Å²) in [6.07, 6.45) is 5.17. The summed E-state index contributed by atoms with van der Waals surface area (Å²) in [4.78, 5) is 13.5. The second-order valence-corrected chi connectivity index (χ2v) is 15.9. The van der Waals surface area contributed by atoms with Gasteiger partial charge in [-0.15, -0.1) is 0 Å². The number of ketones is 1. The van der Waals surface area contributed by atoms with Crippen molar-refractivity contribution in [1.82, 2.24) is 0 Å². The van der Waals surface area contributed by atoms with E-state index >= 15 is 0 Å². The second-order valence-electron chi connectivity index (χ2n) is 11.1. The van der Waals surface area contributed by atoms with Crippen LogP contribution in [0.4, 0.5) is 0 Å². The van der Waals surface area contributed by atoms with Crippen molar-refractivity contribution in [2.75, 3.05) is 20.3 Å². The van der Waals surface area contributed by atoms with Gasteiger partial charge in [0.1, 0.15) is 11.5 Å². The van der Waals surface area contributed by atoms with Gasteiger partial charge in [-0.25, -0.2) is 0 Å². The van der Waals surface area contributed by atoms with Gasteiger partial charge in [-0.1, -0.05) is 65.0 Å². The maximum atomic E-state index is 13.5. The molecule has 4 atom stereocenters. The fourth-order valence-electron chi connectivity index (χ4n) is 3.56. The molecule has 0 unspecified atom stereocenters. The molecule has 0 saturated carbocycles. The Kier molecular flexibility index (Phi) is 12.6. The number of rotatable bonds is 14. The summed E-state index contributed by atoms with van der Waals surface area (Å²) in [5.74, 6) is -0.0631. The molecule has 0 aliphatic heterocycles. The van der Waals surface area contributed by atoms with Gasteiger partial charge >= 0.3 is 0 Å². The smallest absolute Gasteiger partial charge is 0.192 e. The Morgan fingerprint density at radius 3 is 2.23 bits per heavy atom. The van der Waals surface area contributed by atoms with Crippen molar-refractivity contribution >= 4 is 14.1 Å². The molecule has 0 heterocycles. The molecule has 35 heavy (non-hydrogen) atoms. The van der Waals surface area contributed by atoms with E-state index in [1.54, 1.807) is 7.11 Å². The molecular formula is C29H48O5Si. The Labute approximate surface area is 214 Å². The molecule has 0 aliphatic carbocycles. The van der Waals surface area contributed by atoms with Crippen LogP contribution in [0.2, 0.25) is 18.1 Å². The molecule has 198 valence electrons. The van der Waals surface area contributed by atoms with E-state index in [1.165, 1.54) is 0 Å². The van der Waals surface area contributed by atoms with Crippen LogP contribution in [-0.4, -0.2) is 45.6 Å². The Morgan fingerprint density at radius 1 is 1.11 bits per heavy atom. The van der Waals surface area contributed by atoms with Crippen molar-refractivity contribution < 1.29 is 23.8 Å². The SMILES string of the molecule is C/C=C\[C@H](C)/C=C(\C)[C@@H](O)[C@@H](CO[Si](C)(C)C(C)(C)C)C(=O)[C@H](C)COCc1ccc(OC)cc1. The van der Waals surface area contributed by atoms with Crippen molar-refractivity contribution in [3.05, 3.63) is 53.6 Å². The van der Waals surface area contributed by atoms with Crippen LogP contribution < -0.4 is 4.74 Å². The molecule has 1 aromatic rings. The minimum absolute atomic E-state index is 0.0178. The molecule has 0 amide bonds. The van der Waals surface area contributed by atoms with Crippen molar-refractivity contribution in [2.45, 2.75) is 79.3 Å². The maximum absolute atomic E-state index is 13.5. The average molecular weight is 505 g/mol. The van der Waals surface area contributed by atoms with Gasteiger partial charge in [0.15, 0.2) is 8.32 Å². The van der Waals surface area contributed by atoms with Crippen LogP contribution >= 0.6 is 0 Å². The van der Waals surface area contributed by atoms with Crippen molar-refractivity contribution in [2.24, 2.45) is 17.8 Å². The molecule has 0 saturated heterocycles. The summed E-state index contributed by atoms with van der Waals surface area (Å²) in [5.41, 5.74) is 1.80. The third-order valence-corrected chi connectivity index (χ3v) is 11.4. The van der Waals surface area contributed by atoms with E-state index in [1.807, 2.05) is 57.2 Å². The summed E-state index contributed by atoms with van der Waals surface area (Å²) < 4.78 is 17.5. The van der Waals surface area contributed by atoms with Gasteiger partial charge in [0, 0.05) is 12.5 Å². The van der Waals surface area contributed by atoms with Gasteiger partial charge in [-0.2, -0.15) is 0 Å². The molecule has 1 N–H and O–H groups in total. The molecular weight excluding hydrogens is 456 g/mol. The van der Waals surface area contributed by atoms with Gasteiger partial charge in [-0.05, 0) is 61.2 Å². The molecule has 1 aromatic carbocycles. The van der Waals surface area contributed by atoms with Crippen molar-refractivity contribution in [1.29, 1.82) is 0 Å². The predicted octanol–water partition coefficient (Wildman–Crippen LogP) is 6.57. The van der Waals surface area contributed by atoms with Crippen LogP contribution in [-0.2, 0) is 20.6 Å². The molecule has 0 aromatic heterocycles. The first kappa shape index (κ1) is 31.3. The number of benzene rings is 1. The second kappa shape index (κ2) is 14.1. The first-order valence-corrected chi connectivity index (χ1v) is 15.5. The number of hydrogen-bond donors (Lipinski definition) is 1. The van der Waals surface area contributed by atoms with E-state index < -0.39 is 20.3 Å². The van der Waals surface area contributed by atoms with E-state index in [0.29, 0.717) is 6.61 Å². The lowest BCUT2D eigenvalue weighted by atomic mass is 9.86. The number of carbonyl (C=O) groups excluding carboxylic acids is 1. The minimum atomic E-state index is -2.09. The predicted molar refractivity (Wildman–Crippen MR) is 147 cm³/mol. The number of Topliss-reactive ketones (excluding diaryl/α,β-unsaturated/α-hetero) is 1. The van der Waals surface area contributed by atoms with E-state index in [4.69, 9.17) is 13.9 Å². The van der Waals surface area contributed by atoms with Crippen LogP contribution in [0.25, 0.3) is 0 Å². The average Bonchev–Trinajstić information content (AvgIpc) is 2.78. The number of hydrogen-bond acceptors (Lipinski definition) is 5. The first-order valence-electron chi connectivity index (χ1n) is 12.6. The quantitative estimate of drug-likeness (QED) is 0.229. The first-order chi connectivity index (χ1) is 16.2. The lowest BCUT2D eigenvalue weighted by Crippen LogP contribution is -2.45. The third-order valence-electron chi connectivity index (χ3n) is 6.95. The highest BCUT2D eigenvalue weighted by molar-refractivity contribution is 6.74. The van der Waals surface area contributed by atoms with Crippen molar-refractivity contribution in [3.63, 3.8) is 0 Å². The highest BCUT2D eigenvalue weighted by Gasteiger charge is 2.40. The van der Waals surface area contributed by atoms with Crippen LogP contribution in [0, 0.1) is 17.8 Å². The number of carbonyl (C=O) groups is 1. The van der Waals surface area contributed by atoms with Gasteiger partial charge in [0.2, 0.25) is 0 Å². The molecule has 5 nitrogen and oxygen atoms in total. The summed E-state index contributed by atoms with van der Waals surface area (Å²) in [6, 6.07) is 7.68. The molecule has 0 fully saturated rings. The fourth-order valence-corrected chi connectivity index (χ4v) is 4.59. The van der Waals surface area contributed by atoms with Crippen LogP contribution in [0.15, 0.2) is 48.1 Å². The van der Waals surface area contributed by atoms with Gasteiger partial charge in [-0.3, -0.25) is 4.79 Å². The van der Waals surface area contributed by atoms with Crippen LogP contribution in [0.3, 0.4) is 0 Å². The monoisotopic (exact) mass is 504 g/mol. The number of allylic oxidation sites excluding steroid dienone is 3. The lowest BCUT2D eigenvalue weighted by molar-refractivity contribution is -0.132. The van der Waals surface area contributed by atoms with E-state index in [9.17, 15) is 9.90 Å². The number of ether oxygens (including phenoxy) is 2. The fraction of sp³-hybridized carbons (Fsp3) is 0.621. The summed E-state index contributed by atoms with van der Waals surface area (Å²) in [6.45, 7) is 19.6. The standard InChI is InChI=1S/C29H48O5Si/c1-11-12-21(2)17-22(3)27(30)26(20-34-35(9,10)29(5,6)7)28(31)23(4)18-33-19-24-13-15-25(32-8)16-14-24/h11-17,21,23,26-27,30H,18-20H2,1-10H3/b12-11-,22-17+/t21-,23+,26+,27+/m0/s1. The highest BCUT2D eigenvalue weighted by atomic mass is 28.4. The zero-order valence-electron chi connectivity index (χ0n) is 23.6. The molecule has 0 aliphatic rings.